The van der Waals surface area contributed by atoms with Gasteiger partial charge in [-0.05, 0) is 45.0 Å². The maximum Gasteiger partial charge on any atom is 0.241 e. The summed E-state index contributed by atoms with van der Waals surface area (Å²) in [5, 5.41) is -0.574. The average molecular weight is 318 g/mol. The number of amides is 1. The SMILES string of the molecule is Cc1cccc(CN(Cc2cccc(C)n2)C(=O)C(C)Cl)n1. The van der Waals surface area contributed by atoms with E-state index in [0.717, 1.165) is 22.8 Å². The fourth-order valence-corrected chi connectivity index (χ4v) is 2.37. The van der Waals surface area contributed by atoms with Gasteiger partial charge in [0.15, 0.2) is 0 Å². The van der Waals surface area contributed by atoms with Gasteiger partial charge in [0, 0.05) is 11.4 Å². The van der Waals surface area contributed by atoms with Gasteiger partial charge in [-0.2, -0.15) is 0 Å². The number of carbonyl (C=O) groups is 1. The lowest BCUT2D eigenvalue weighted by atomic mass is 10.2. The molecular formula is C17H20ClN3O. The van der Waals surface area contributed by atoms with E-state index in [9.17, 15) is 4.79 Å². The molecule has 0 aliphatic carbocycles. The molecule has 0 bridgehead atoms. The summed E-state index contributed by atoms with van der Waals surface area (Å²) in [6, 6.07) is 11.6. The molecule has 0 spiro atoms. The van der Waals surface area contributed by atoms with Gasteiger partial charge in [-0.15, -0.1) is 11.6 Å². The molecule has 0 aliphatic heterocycles. The summed E-state index contributed by atoms with van der Waals surface area (Å²) in [6.45, 7) is 6.40. The third kappa shape index (κ3) is 4.53. The Morgan fingerprint density at radius 3 is 1.86 bits per heavy atom. The summed E-state index contributed by atoms with van der Waals surface area (Å²) < 4.78 is 0. The average Bonchev–Trinajstić information content (AvgIpc) is 2.46. The maximum absolute atomic E-state index is 12.4. The van der Waals surface area contributed by atoms with Crippen LogP contribution < -0.4 is 0 Å². The molecule has 5 heteroatoms. The number of aryl methyl sites for hydroxylation is 2. The number of rotatable bonds is 5. The molecule has 116 valence electrons. The summed E-state index contributed by atoms with van der Waals surface area (Å²) in [6.07, 6.45) is 0. The largest absolute Gasteiger partial charge is 0.330 e. The summed E-state index contributed by atoms with van der Waals surface area (Å²) >= 11 is 5.99. The molecule has 1 atom stereocenters. The maximum atomic E-state index is 12.4. The number of carbonyl (C=O) groups excluding carboxylic acids is 1. The quantitative estimate of drug-likeness (QED) is 0.795. The van der Waals surface area contributed by atoms with Crippen LogP contribution in [-0.2, 0) is 17.9 Å². The van der Waals surface area contributed by atoms with Gasteiger partial charge in [0.05, 0.1) is 24.5 Å². The number of pyridine rings is 2. The Morgan fingerprint density at radius 1 is 1.05 bits per heavy atom. The second-order valence-corrected chi connectivity index (χ2v) is 6.01. The molecule has 0 aromatic carbocycles. The van der Waals surface area contributed by atoms with Gasteiger partial charge in [-0.3, -0.25) is 14.8 Å². The van der Waals surface area contributed by atoms with Crippen LogP contribution in [0.1, 0.15) is 29.7 Å². The molecular weight excluding hydrogens is 298 g/mol. The minimum absolute atomic E-state index is 0.117. The van der Waals surface area contributed by atoms with Crippen molar-refractivity contribution in [2.24, 2.45) is 0 Å². The molecule has 0 saturated carbocycles. The highest BCUT2D eigenvalue weighted by molar-refractivity contribution is 6.30. The van der Waals surface area contributed by atoms with Gasteiger partial charge in [0.1, 0.15) is 5.38 Å². The zero-order valence-electron chi connectivity index (χ0n) is 13.1. The summed E-state index contributed by atoms with van der Waals surface area (Å²) in [5.41, 5.74) is 3.55. The first-order chi connectivity index (χ1) is 10.5. The van der Waals surface area contributed by atoms with Crippen LogP contribution in [0.4, 0.5) is 0 Å². The number of hydrogen-bond acceptors (Lipinski definition) is 3. The number of alkyl halides is 1. The molecule has 1 unspecified atom stereocenters. The minimum Gasteiger partial charge on any atom is -0.330 e. The highest BCUT2D eigenvalue weighted by Crippen LogP contribution is 2.12. The van der Waals surface area contributed by atoms with Gasteiger partial charge in [0.2, 0.25) is 5.91 Å². The highest BCUT2D eigenvalue weighted by Gasteiger charge is 2.20. The van der Waals surface area contributed by atoms with Gasteiger partial charge in [0.25, 0.3) is 0 Å². The Balaban J connectivity index is 2.21. The van der Waals surface area contributed by atoms with Crippen LogP contribution in [0.5, 0.6) is 0 Å². The van der Waals surface area contributed by atoms with Crippen molar-refractivity contribution in [3.63, 3.8) is 0 Å². The van der Waals surface area contributed by atoms with Gasteiger partial charge in [-0.25, -0.2) is 0 Å². The fourth-order valence-electron chi connectivity index (χ4n) is 2.23. The van der Waals surface area contributed by atoms with E-state index in [4.69, 9.17) is 11.6 Å². The van der Waals surface area contributed by atoms with Gasteiger partial charge < -0.3 is 4.90 Å². The van der Waals surface area contributed by atoms with E-state index in [1.54, 1.807) is 11.8 Å². The van der Waals surface area contributed by atoms with E-state index in [1.165, 1.54) is 0 Å². The molecule has 1 amide bonds. The van der Waals surface area contributed by atoms with Crippen LogP contribution in [0, 0.1) is 13.8 Å². The molecule has 0 aliphatic rings. The second kappa shape index (κ2) is 7.36. The molecule has 2 heterocycles. The van der Waals surface area contributed by atoms with Crippen molar-refractivity contribution in [2.75, 3.05) is 0 Å². The number of nitrogens with zero attached hydrogens (tertiary/aromatic N) is 3. The predicted molar refractivity (Wildman–Crippen MR) is 87.5 cm³/mol. The summed E-state index contributed by atoms with van der Waals surface area (Å²) in [5.74, 6) is -0.117. The highest BCUT2D eigenvalue weighted by atomic mass is 35.5. The van der Waals surface area contributed by atoms with Crippen LogP contribution in [0.2, 0.25) is 0 Å². The van der Waals surface area contributed by atoms with Crippen molar-refractivity contribution in [3.05, 3.63) is 59.2 Å². The lowest BCUT2D eigenvalue weighted by Gasteiger charge is -2.23. The van der Waals surface area contributed by atoms with Crippen molar-refractivity contribution in [1.29, 1.82) is 0 Å². The number of hydrogen-bond donors (Lipinski definition) is 0. The van der Waals surface area contributed by atoms with Crippen molar-refractivity contribution >= 4 is 17.5 Å². The smallest absolute Gasteiger partial charge is 0.241 e. The van der Waals surface area contributed by atoms with Crippen molar-refractivity contribution in [1.82, 2.24) is 14.9 Å². The third-order valence-electron chi connectivity index (χ3n) is 3.25. The van der Waals surface area contributed by atoms with Crippen LogP contribution in [0.25, 0.3) is 0 Å². The lowest BCUT2D eigenvalue weighted by Crippen LogP contribution is -2.35. The third-order valence-corrected chi connectivity index (χ3v) is 3.44. The van der Waals surface area contributed by atoms with E-state index in [1.807, 2.05) is 50.2 Å². The van der Waals surface area contributed by atoms with E-state index in [-0.39, 0.29) is 5.91 Å². The van der Waals surface area contributed by atoms with Gasteiger partial charge >= 0.3 is 0 Å². The van der Waals surface area contributed by atoms with E-state index >= 15 is 0 Å². The van der Waals surface area contributed by atoms with Gasteiger partial charge in [-0.1, -0.05) is 12.1 Å². The van der Waals surface area contributed by atoms with Crippen molar-refractivity contribution in [2.45, 2.75) is 39.2 Å². The monoisotopic (exact) mass is 317 g/mol. The first kappa shape index (κ1) is 16.4. The predicted octanol–water partition coefficient (Wildman–Crippen LogP) is 3.25. The van der Waals surface area contributed by atoms with Crippen molar-refractivity contribution in [3.8, 4) is 0 Å². The van der Waals surface area contributed by atoms with E-state index in [2.05, 4.69) is 9.97 Å². The molecule has 0 saturated heterocycles. The summed E-state index contributed by atoms with van der Waals surface area (Å²) in [4.78, 5) is 23.0. The standard InChI is InChI=1S/C17H20ClN3O/c1-12-6-4-8-15(19-12)10-21(17(22)14(3)18)11-16-9-5-7-13(2)20-16/h4-9,14H,10-11H2,1-3H3. The zero-order chi connectivity index (χ0) is 16.1. The van der Waals surface area contributed by atoms with E-state index in [0.29, 0.717) is 13.1 Å². The fraction of sp³-hybridized carbons (Fsp3) is 0.353. The molecule has 2 aromatic rings. The molecule has 0 N–H and O–H groups in total. The normalized spacial score (nSPS) is 12.0. The van der Waals surface area contributed by atoms with Crippen LogP contribution in [0.15, 0.2) is 36.4 Å². The Labute approximate surface area is 136 Å². The lowest BCUT2D eigenvalue weighted by molar-refractivity contribution is -0.131. The molecule has 2 rings (SSSR count). The first-order valence-corrected chi connectivity index (χ1v) is 7.67. The first-order valence-electron chi connectivity index (χ1n) is 7.23. The molecule has 0 radical (unpaired) electrons. The Bertz CT molecular complexity index is 610. The molecule has 4 nitrogen and oxygen atoms in total. The number of aromatic nitrogens is 2. The molecule has 0 fully saturated rings. The minimum atomic E-state index is -0.574. The topological polar surface area (TPSA) is 46.1 Å². The van der Waals surface area contributed by atoms with Crippen LogP contribution >= 0.6 is 11.6 Å². The van der Waals surface area contributed by atoms with Crippen LogP contribution in [0.3, 0.4) is 0 Å². The molecule has 2 aromatic heterocycles. The summed E-state index contributed by atoms with van der Waals surface area (Å²) in [7, 11) is 0. The molecule has 22 heavy (non-hydrogen) atoms. The second-order valence-electron chi connectivity index (χ2n) is 5.35. The Hall–Kier alpha value is -1.94. The zero-order valence-corrected chi connectivity index (χ0v) is 13.8. The Morgan fingerprint density at radius 2 is 1.50 bits per heavy atom. The van der Waals surface area contributed by atoms with Crippen LogP contribution in [-0.4, -0.2) is 26.2 Å². The van der Waals surface area contributed by atoms with E-state index < -0.39 is 5.38 Å². The Kier molecular flexibility index (Phi) is 5.50. The van der Waals surface area contributed by atoms with Crippen molar-refractivity contribution < 1.29 is 4.79 Å². The number of halogens is 1.